The van der Waals surface area contributed by atoms with Crippen LogP contribution in [0, 0.1) is 6.92 Å². The Morgan fingerprint density at radius 2 is 1.81 bits per heavy atom. The van der Waals surface area contributed by atoms with E-state index in [0.29, 0.717) is 22.6 Å². The minimum Gasteiger partial charge on any atom is -0.320 e. The topological polar surface area (TPSA) is 90.5 Å². The van der Waals surface area contributed by atoms with Crippen LogP contribution in [-0.2, 0) is 7.05 Å². The first-order valence-corrected chi connectivity index (χ1v) is 9.78. The number of rotatable bonds is 4. The van der Waals surface area contributed by atoms with E-state index in [9.17, 15) is 4.79 Å². The molecule has 2 aromatic carbocycles. The fourth-order valence-corrected chi connectivity index (χ4v) is 3.69. The van der Waals surface area contributed by atoms with E-state index < -0.39 is 0 Å². The highest BCUT2D eigenvalue weighted by atomic mass is 16.1. The average molecular weight is 409 g/mol. The van der Waals surface area contributed by atoms with Crippen LogP contribution in [0.25, 0.3) is 28.0 Å². The molecule has 31 heavy (non-hydrogen) atoms. The molecule has 0 atom stereocenters. The number of nitrogens with one attached hydrogen (secondary N) is 1. The van der Waals surface area contributed by atoms with Crippen molar-refractivity contribution in [2.45, 2.75) is 6.92 Å². The molecule has 5 aromatic rings. The zero-order chi connectivity index (χ0) is 21.4. The van der Waals surface area contributed by atoms with Crippen LogP contribution in [0.1, 0.15) is 16.1 Å². The molecule has 3 heterocycles. The molecule has 0 aliphatic heterocycles. The van der Waals surface area contributed by atoms with Crippen LogP contribution in [-0.4, -0.2) is 35.7 Å². The summed E-state index contributed by atoms with van der Waals surface area (Å²) in [5.41, 5.74) is 4.93. The van der Waals surface area contributed by atoms with Gasteiger partial charge in [0.05, 0.1) is 46.1 Å². The molecule has 0 bridgehead atoms. The van der Waals surface area contributed by atoms with Gasteiger partial charge in [0.2, 0.25) is 0 Å². The molecule has 8 heteroatoms. The molecule has 0 radical (unpaired) electrons. The molecule has 0 aliphatic carbocycles. The van der Waals surface area contributed by atoms with E-state index in [1.165, 1.54) is 0 Å². The first kappa shape index (κ1) is 18.7. The minimum atomic E-state index is -0.242. The number of para-hydroxylation sites is 2. The van der Waals surface area contributed by atoms with Crippen LogP contribution < -0.4 is 5.32 Å². The van der Waals surface area contributed by atoms with Gasteiger partial charge in [-0.15, -0.1) is 5.10 Å². The smallest absolute Gasteiger partial charge is 0.256 e. The molecule has 0 saturated carbocycles. The van der Waals surface area contributed by atoms with E-state index in [2.05, 4.69) is 20.7 Å². The Bertz CT molecular complexity index is 1390. The molecule has 0 aliphatic rings. The Labute approximate surface area is 178 Å². The molecule has 1 amide bonds. The van der Waals surface area contributed by atoms with Gasteiger partial charge in [-0.3, -0.25) is 9.48 Å². The summed E-state index contributed by atoms with van der Waals surface area (Å²) in [6, 6.07) is 19.1. The fourth-order valence-electron chi connectivity index (χ4n) is 3.69. The van der Waals surface area contributed by atoms with Gasteiger partial charge in [-0.1, -0.05) is 47.7 Å². The predicted octanol–water partition coefficient (Wildman–Crippen LogP) is 3.78. The molecule has 152 valence electrons. The molecular formula is C23H19N7O. The minimum absolute atomic E-state index is 0.242. The Morgan fingerprint density at radius 3 is 2.58 bits per heavy atom. The van der Waals surface area contributed by atoms with E-state index in [1.54, 1.807) is 21.8 Å². The van der Waals surface area contributed by atoms with Gasteiger partial charge in [-0.25, -0.2) is 9.67 Å². The molecule has 0 saturated heterocycles. The van der Waals surface area contributed by atoms with Gasteiger partial charge in [-0.05, 0) is 25.1 Å². The number of anilines is 1. The van der Waals surface area contributed by atoms with Crippen LogP contribution in [0.4, 0.5) is 5.69 Å². The van der Waals surface area contributed by atoms with Crippen LogP contribution in [0.2, 0.25) is 0 Å². The van der Waals surface area contributed by atoms with E-state index in [0.717, 1.165) is 22.3 Å². The van der Waals surface area contributed by atoms with Crippen molar-refractivity contribution in [3.8, 4) is 16.9 Å². The summed E-state index contributed by atoms with van der Waals surface area (Å²) in [5.74, 6) is -0.242. The second-order valence-electron chi connectivity index (χ2n) is 7.15. The Morgan fingerprint density at radius 1 is 1.03 bits per heavy atom. The van der Waals surface area contributed by atoms with Crippen molar-refractivity contribution in [3.05, 3.63) is 84.3 Å². The highest BCUT2D eigenvalue weighted by Gasteiger charge is 2.20. The lowest BCUT2D eigenvalue weighted by Gasteiger charge is -2.12. The SMILES string of the molecule is Cc1nn(C)c2nc(-c3ccccc3)cc(C(=O)Nc3ccccc3-n3ccnn3)c12. The zero-order valence-electron chi connectivity index (χ0n) is 17.0. The highest BCUT2D eigenvalue weighted by Crippen LogP contribution is 2.28. The Hall–Kier alpha value is -4.33. The molecule has 0 unspecified atom stereocenters. The number of aromatic nitrogens is 6. The molecule has 0 fully saturated rings. The third-order valence-electron chi connectivity index (χ3n) is 5.10. The first-order valence-electron chi connectivity index (χ1n) is 9.78. The van der Waals surface area contributed by atoms with Crippen LogP contribution in [0.15, 0.2) is 73.1 Å². The van der Waals surface area contributed by atoms with E-state index in [4.69, 9.17) is 4.98 Å². The number of hydrogen-bond acceptors (Lipinski definition) is 5. The largest absolute Gasteiger partial charge is 0.320 e. The molecule has 5 rings (SSSR count). The normalized spacial score (nSPS) is 11.0. The van der Waals surface area contributed by atoms with Crippen LogP contribution in [0.5, 0.6) is 0 Å². The highest BCUT2D eigenvalue weighted by molar-refractivity contribution is 6.13. The van der Waals surface area contributed by atoms with Crippen molar-refractivity contribution in [1.29, 1.82) is 0 Å². The van der Waals surface area contributed by atoms with Crippen molar-refractivity contribution in [3.63, 3.8) is 0 Å². The summed E-state index contributed by atoms with van der Waals surface area (Å²) in [4.78, 5) is 18.2. The van der Waals surface area contributed by atoms with Crippen molar-refractivity contribution < 1.29 is 4.79 Å². The van der Waals surface area contributed by atoms with Crippen molar-refractivity contribution in [1.82, 2.24) is 29.8 Å². The van der Waals surface area contributed by atoms with Crippen molar-refractivity contribution in [2.24, 2.45) is 7.05 Å². The molecule has 1 N–H and O–H groups in total. The number of benzene rings is 2. The van der Waals surface area contributed by atoms with E-state index in [-0.39, 0.29) is 5.91 Å². The number of nitrogens with zero attached hydrogens (tertiary/aromatic N) is 6. The average Bonchev–Trinajstić information content (AvgIpc) is 3.43. The second-order valence-corrected chi connectivity index (χ2v) is 7.15. The number of amides is 1. The maximum Gasteiger partial charge on any atom is 0.256 e. The fraction of sp³-hybridized carbons (Fsp3) is 0.0870. The Kier molecular flexibility index (Phi) is 4.51. The number of pyridine rings is 1. The van der Waals surface area contributed by atoms with Gasteiger partial charge >= 0.3 is 0 Å². The van der Waals surface area contributed by atoms with Crippen LogP contribution >= 0.6 is 0 Å². The van der Waals surface area contributed by atoms with Gasteiger partial charge in [0, 0.05) is 12.6 Å². The number of carbonyl (C=O) groups excluding carboxylic acids is 1. The van der Waals surface area contributed by atoms with Crippen molar-refractivity contribution in [2.75, 3.05) is 5.32 Å². The lowest BCUT2D eigenvalue weighted by atomic mass is 10.0. The van der Waals surface area contributed by atoms with Crippen molar-refractivity contribution >= 4 is 22.6 Å². The first-order chi connectivity index (χ1) is 15.1. The number of aryl methyl sites for hydroxylation is 2. The van der Waals surface area contributed by atoms with Gasteiger partial charge in [0.25, 0.3) is 5.91 Å². The number of fused-ring (bicyclic) bond motifs is 1. The lowest BCUT2D eigenvalue weighted by molar-refractivity contribution is 0.102. The maximum absolute atomic E-state index is 13.5. The summed E-state index contributed by atoms with van der Waals surface area (Å²) >= 11 is 0. The molecule has 8 nitrogen and oxygen atoms in total. The summed E-state index contributed by atoms with van der Waals surface area (Å²) in [7, 11) is 1.83. The maximum atomic E-state index is 13.5. The van der Waals surface area contributed by atoms with Gasteiger partial charge < -0.3 is 5.32 Å². The molecular weight excluding hydrogens is 390 g/mol. The zero-order valence-corrected chi connectivity index (χ0v) is 17.0. The summed E-state index contributed by atoms with van der Waals surface area (Å²) < 4.78 is 3.32. The standard InChI is InChI=1S/C23H19N7O/c1-15-21-17(14-19(16-8-4-3-5-9-16)25-22(21)29(2)27-15)23(31)26-18-10-6-7-11-20(18)30-13-12-24-28-30/h3-14H,1-2H3,(H,26,31). The van der Waals surface area contributed by atoms with Gasteiger partial charge in [0.1, 0.15) is 0 Å². The second kappa shape index (κ2) is 7.49. The quantitative estimate of drug-likeness (QED) is 0.488. The molecule has 3 aromatic heterocycles. The number of hydrogen-bond donors (Lipinski definition) is 1. The van der Waals surface area contributed by atoms with Gasteiger partial charge in [-0.2, -0.15) is 5.10 Å². The van der Waals surface area contributed by atoms with E-state index in [1.807, 2.05) is 74.6 Å². The third kappa shape index (κ3) is 3.33. The summed E-state index contributed by atoms with van der Waals surface area (Å²) in [6.45, 7) is 1.88. The lowest BCUT2D eigenvalue weighted by Crippen LogP contribution is -2.15. The van der Waals surface area contributed by atoms with E-state index >= 15 is 0 Å². The predicted molar refractivity (Wildman–Crippen MR) is 118 cm³/mol. The summed E-state index contributed by atoms with van der Waals surface area (Å²) in [6.07, 6.45) is 3.32. The summed E-state index contributed by atoms with van der Waals surface area (Å²) in [5, 5.41) is 16.1. The monoisotopic (exact) mass is 409 g/mol. The van der Waals surface area contributed by atoms with Gasteiger partial charge in [0.15, 0.2) is 5.65 Å². The molecule has 0 spiro atoms. The Balaban J connectivity index is 1.63. The third-order valence-corrected chi connectivity index (χ3v) is 5.10. The number of carbonyl (C=O) groups is 1. The van der Waals surface area contributed by atoms with Crippen LogP contribution in [0.3, 0.4) is 0 Å².